The Balaban J connectivity index is 1.42. The Morgan fingerprint density at radius 1 is 1.15 bits per heavy atom. The first-order chi connectivity index (χ1) is 16.1. The van der Waals surface area contributed by atoms with Crippen LogP contribution in [-0.2, 0) is 29.7 Å². The maximum absolute atomic E-state index is 14.0. The summed E-state index contributed by atoms with van der Waals surface area (Å²) in [6.07, 6.45) is 7.52. The number of rotatable bonds is 6. The van der Waals surface area contributed by atoms with Crippen LogP contribution in [0.2, 0.25) is 0 Å². The minimum absolute atomic E-state index is 0.0482. The van der Waals surface area contributed by atoms with E-state index in [4.69, 9.17) is 9.47 Å². The molecule has 33 heavy (non-hydrogen) atoms. The number of nitrogens with zero attached hydrogens (tertiary/aromatic N) is 5. The third kappa shape index (κ3) is 4.24. The Kier molecular flexibility index (Phi) is 5.86. The molecule has 0 unspecified atom stereocenters. The van der Waals surface area contributed by atoms with Gasteiger partial charge in [-0.1, -0.05) is 18.2 Å². The van der Waals surface area contributed by atoms with Crippen molar-refractivity contribution in [2.75, 3.05) is 33.4 Å². The number of carbonyl (C=O) groups is 1. The predicted molar refractivity (Wildman–Crippen MR) is 123 cm³/mol. The standard InChI is InChI=1S/C25H29N5O3/c1-28-14-20(12-27-28)15-29-17-23(21-4-3-9-26-13-21)25(18-29)24(31)30(10-11-33-25)16-19-5-7-22(32-2)8-6-19/h3-9,12-14,23H,10-11,15-18H2,1-2H3/t23-,25-/m0/s1. The summed E-state index contributed by atoms with van der Waals surface area (Å²) < 4.78 is 13.4. The van der Waals surface area contributed by atoms with Gasteiger partial charge in [0.2, 0.25) is 0 Å². The third-order valence-corrected chi connectivity index (χ3v) is 6.62. The van der Waals surface area contributed by atoms with Crippen LogP contribution >= 0.6 is 0 Å². The Hall–Kier alpha value is -3.23. The lowest BCUT2D eigenvalue weighted by atomic mass is 9.83. The number of hydrogen-bond acceptors (Lipinski definition) is 6. The minimum Gasteiger partial charge on any atom is -0.497 e. The van der Waals surface area contributed by atoms with Gasteiger partial charge >= 0.3 is 0 Å². The number of aryl methyl sites for hydroxylation is 1. The van der Waals surface area contributed by atoms with Crippen molar-refractivity contribution in [2.24, 2.45) is 7.05 Å². The largest absolute Gasteiger partial charge is 0.497 e. The van der Waals surface area contributed by atoms with Gasteiger partial charge in [0.25, 0.3) is 5.91 Å². The van der Waals surface area contributed by atoms with Crippen molar-refractivity contribution in [3.8, 4) is 5.75 Å². The van der Waals surface area contributed by atoms with Gasteiger partial charge in [-0.25, -0.2) is 0 Å². The summed E-state index contributed by atoms with van der Waals surface area (Å²) in [6.45, 7) is 3.63. The highest BCUT2D eigenvalue weighted by Gasteiger charge is 2.57. The molecule has 5 rings (SSSR count). The zero-order valence-corrected chi connectivity index (χ0v) is 19.1. The number of benzene rings is 1. The Bertz CT molecular complexity index is 1100. The van der Waals surface area contributed by atoms with Crippen LogP contribution < -0.4 is 4.74 Å². The highest BCUT2D eigenvalue weighted by atomic mass is 16.5. The Morgan fingerprint density at radius 3 is 2.70 bits per heavy atom. The van der Waals surface area contributed by atoms with Crippen LogP contribution in [0, 0.1) is 0 Å². The molecule has 4 heterocycles. The van der Waals surface area contributed by atoms with E-state index < -0.39 is 5.60 Å². The van der Waals surface area contributed by atoms with Gasteiger partial charge in [0.05, 0.1) is 19.9 Å². The van der Waals surface area contributed by atoms with Crippen LogP contribution in [0.3, 0.4) is 0 Å². The third-order valence-electron chi connectivity index (χ3n) is 6.62. The molecule has 8 heteroatoms. The lowest BCUT2D eigenvalue weighted by molar-refractivity contribution is -0.173. The van der Waals surface area contributed by atoms with Crippen molar-refractivity contribution in [3.63, 3.8) is 0 Å². The maximum Gasteiger partial charge on any atom is 0.257 e. The molecule has 2 aromatic heterocycles. The first-order valence-corrected chi connectivity index (χ1v) is 11.2. The normalized spacial score (nSPS) is 23.4. The Labute approximate surface area is 193 Å². The fourth-order valence-electron chi connectivity index (χ4n) is 5.04. The molecule has 2 saturated heterocycles. The summed E-state index contributed by atoms with van der Waals surface area (Å²) in [5, 5.41) is 4.29. The fourth-order valence-corrected chi connectivity index (χ4v) is 5.04. The quantitative estimate of drug-likeness (QED) is 0.577. The van der Waals surface area contributed by atoms with Crippen molar-refractivity contribution in [3.05, 3.63) is 77.9 Å². The van der Waals surface area contributed by atoms with Crippen LogP contribution in [0.1, 0.15) is 22.6 Å². The van der Waals surface area contributed by atoms with Crippen molar-refractivity contribution >= 4 is 5.91 Å². The highest BCUT2D eigenvalue weighted by Crippen LogP contribution is 2.42. The van der Waals surface area contributed by atoms with E-state index in [2.05, 4.69) is 15.0 Å². The van der Waals surface area contributed by atoms with Crippen LogP contribution in [0.5, 0.6) is 5.75 Å². The van der Waals surface area contributed by atoms with Crippen LogP contribution in [-0.4, -0.2) is 69.4 Å². The smallest absolute Gasteiger partial charge is 0.257 e. The summed E-state index contributed by atoms with van der Waals surface area (Å²) in [7, 11) is 3.57. The molecule has 172 valence electrons. The highest BCUT2D eigenvalue weighted by molar-refractivity contribution is 5.88. The van der Waals surface area contributed by atoms with Gasteiger partial charge in [-0.2, -0.15) is 5.10 Å². The van der Waals surface area contributed by atoms with Crippen molar-refractivity contribution in [1.82, 2.24) is 24.6 Å². The average molecular weight is 448 g/mol. The summed E-state index contributed by atoms with van der Waals surface area (Å²) in [6, 6.07) is 11.9. The first kappa shape index (κ1) is 21.6. The summed E-state index contributed by atoms with van der Waals surface area (Å²) >= 11 is 0. The number of carbonyl (C=O) groups excluding carboxylic acids is 1. The number of morpholine rings is 1. The van der Waals surface area contributed by atoms with Gasteiger partial charge in [-0.3, -0.25) is 19.4 Å². The SMILES string of the molecule is COc1ccc(CN2CCO[C@]3(CN(Cc4cnn(C)c4)C[C@H]3c3cccnc3)C2=O)cc1. The van der Waals surface area contributed by atoms with E-state index in [-0.39, 0.29) is 11.8 Å². The molecule has 0 bridgehead atoms. The van der Waals surface area contributed by atoms with Gasteiger partial charge in [0, 0.05) is 69.8 Å². The first-order valence-electron chi connectivity index (χ1n) is 11.2. The molecule has 0 N–H and O–H groups in total. The number of pyridine rings is 1. The molecule has 1 spiro atoms. The molecule has 3 aromatic rings. The summed E-state index contributed by atoms with van der Waals surface area (Å²) in [5.74, 6) is 0.767. The molecular weight excluding hydrogens is 418 g/mol. The van der Waals surface area contributed by atoms with E-state index in [9.17, 15) is 4.79 Å². The molecular formula is C25H29N5O3. The molecule has 2 atom stereocenters. The van der Waals surface area contributed by atoms with E-state index in [0.29, 0.717) is 26.2 Å². The number of hydrogen-bond donors (Lipinski definition) is 0. The second kappa shape index (κ2) is 8.96. The van der Waals surface area contributed by atoms with Gasteiger partial charge in [0.1, 0.15) is 5.75 Å². The van der Waals surface area contributed by atoms with E-state index in [1.165, 1.54) is 0 Å². The fraction of sp³-hybridized carbons (Fsp3) is 0.400. The number of likely N-dealkylation sites (tertiary alicyclic amines) is 1. The zero-order chi connectivity index (χ0) is 22.8. The molecule has 8 nitrogen and oxygen atoms in total. The van der Waals surface area contributed by atoms with E-state index in [0.717, 1.165) is 35.5 Å². The monoisotopic (exact) mass is 447 g/mol. The summed E-state index contributed by atoms with van der Waals surface area (Å²) in [5.41, 5.74) is 2.31. The van der Waals surface area contributed by atoms with Crippen molar-refractivity contribution < 1.29 is 14.3 Å². The molecule has 0 radical (unpaired) electrons. The number of amides is 1. The van der Waals surface area contributed by atoms with Gasteiger partial charge < -0.3 is 14.4 Å². The summed E-state index contributed by atoms with van der Waals surface area (Å²) in [4.78, 5) is 22.5. The maximum atomic E-state index is 14.0. The lowest BCUT2D eigenvalue weighted by Crippen LogP contribution is -2.59. The topological polar surface area (TPSA) is 72.7 Å². The van der Waals surface area contributed by atoms with E-state index >= 15 is 0 Å². The number of ether oxygens (including phenoxy) is 2. The van der Waals surface area contributed by atoms with Gasteiger partial charge in [-0.05, 0) is 29.3 Å². The molecule has 2 aliphatic heterocycles. The number of aromatic nitrogens is 3. The minimum atomic E-state index is -0.921. The molecule has 2 fully saturated rings. The van der Waals surface area contributed by atoms with Gasteiger partial charge in [-0.15, -0.1) is 0 Å². The zero-order valence-electron chi connectivity index (χ0n) is 19.1. The van der Waals surface area contributed by atoms with Crippen LogP contribution in [0.15, 0.2) is 61.2 Å². The second-order valence-corrected chi connectivity index (χ2v) is 8.84. The van der Waals surface area contributed by atoms with Crippen LogP contribution in [0.25, 0.3) is 0 Å². The second-order valence-electron chi connectivity index (χ2n) is 8.84. The van der Waals surface area contributed by atoms with Crippen molar-refractivity contribution in [2.45, 2.75) is 24.6 Å². The van der Waals surface area contributed by atoms with Crippen LogP contribution in [0.4, 0.5) is 0 Å². The van der Waals surface area contributed by atoms with E-state index in [1.807, 2.05) is 66.9 Å². The molecule has 1 amide bonds. The molecule has 0 saturated carbocycles. The predicted octanol–water partition coefficient (Wildman–Crippen LogP) is 2.22. The lowest BCUT2D eigenvalue weighted by Gasteiger charge is -2.42. The molecule has 2 aliphatic rings. The molecule has 0 aliphatic carbocycles. The van der Waals surface area contributed by atoms with E-state index in [1.54, 1.807) is 18.0 Å². The van der Waals surface area contributed by atoms with Crippen molar-refractivity contribution in [1.29, 1.82) is 0 Å². The average Bonchev–Trinajstić information content (AvgIpc) is 3.41. The Morgan fingerprint density at radius 2 is 2.00 bits per heavy atom. The number of methoxy groups -OCH3 is 1. The molecule has 1 aromatic carbocycles. The van der Waals surface area contributed by atoms with Gasteiger partial charge in [0.15, 0.2) is 5.60 Å².